The smallest absolute Gasteiger partial charge is 0.261 e. The summed E-state index contributed by atoms with van der Waals surface area (Å²) >= 11 is 9.07. The first-order valence-electron chi connectivity index (χ1n) is 12.7. The number of carbonyl (C=O) groups excluding carboxylic acids is 1. The van der Waals surface area contributed by atoms with E-state index >= 15 is 0 Å². The third-order valence-electron chi connectivity index (χ3n) is 6.58. The Morgan fingerprint density at radius 2 is 1.77 bits per heavy atom. The lowest BCUT2D eigenvalue weighted by Gasteiger charge is -2.15. The highest BCUT2D eigenvalue weighted by Gasteiger charge is 2.19. The van der Waals surface area contributed by atoms with Crippen LogP contribution in [0.5, 0.6) is 5.75 Å². The molecule has 1 amide bonds. The van der Waals surface area contributed by atoms with Crippen molar-refractivity contribution in [3.8, 4) is 11.4 Å². The molecule has 9 heteroatoms. The van der Waals surface area contributed by atoms with E-state index in [1.807, 2.05) is 55.5 Å². The van der Waals surface area contributed by atoms with Gasteiger partial charge < -0.3 is 10.1 Å². The number of unbranched alkanes of at least 4 members (excludes halogenated alkanes) is 1. The molecule has 0 aliphatic carbocycles. The molecule has 0 atom stereocenters. The van der Waals surface area contributed by atoms with Crippen LogP contribution in [-0.4, -0.2) is 33.1 Å². The molecule has 1 heterocycles. The lowest BCUT2D eigenvalue weighted by molar-refractivity contribution is 0.0975. The van der Waals surface area contributed by atoms with E-state index in [1.165, 1.54) is 25.5 Å². The summed E-state index contributed by atoms with van der Waals surface area (Å²) in [4.78, 5) is 14.8. The van der Waals surface area contributed by atoms with E-state index in [4.69, 9.17) is 17.0 Å². The number of halogens is 1. The van der Waals surface area contributed by atoms with E-state index in [9.17, 15) is 4.79 Å². The minimum absolute atomic E-state index is 0.170. The van der Waals surface area contributed by atoms with Crippen molar-refractivity contribution in [3.05, 3.63) is 87.9 Å². The molecular weight excluding hydrogens is 574 g/mol. The van der Waals surface area contributed by atoms with Crippen LogP contribution in [0.1, 0.15) is 41.3 Å². The number of rotatable bonds is 7. The third-order valence-corrected chi connectivity index (χ3v) is 7.57. The second-order valence-electron chi connectivity index (χ2n) is 9.32. The largest absolute Gasteiger partial charge is 0.495 e. The molecule has 5 rings (SSSR count). The Hall–Kier alpha value is -3.82. The summed E-state index contributed by atoms with van der Waals surface area (Å²) in [6, 6.07) is 21.7. The Labute approximate surface area is 240 Å². The molecule has 1 aromatic heterocycles. The van der Waals surface area contributed by atoms with Crippen molar-refractivity contribution in [1.29, 1.82) is 0 Å². The Bertz CT molecular complexity index is 1700. The van der Waals surface area contributed by atoms with Gasteiger partial charge in [0.1, 0.15) is 16.8 Å². The number of hydrogen-bond donors (Lipinski definition) is 2. The minimum atomic E-state index is -0.372. The van der Waals surface area contributed by atoms with Crippen LogP contribution in [-0.2, 0) is 6.42 Å². The number of carbonyl (C=O) groups is 1. The molecule has 7 nitrogen and oxygen atoms in total. The summed E-state index contributed by atoms with van der Waals surface area (Å²) in [6.45, 7) is 4.15. The molecule has 0 unspecified atom stereocenters. The first-order valence-corrected chi connectivity index (χ1v) is 13.9. The number of benzene rings is 4. The van der Waals surface area contributed by atoms with Gasteiger partial charge in [-0.15, -0.1) is 10.2 Å². The van der Waals surface area contributed by atoms with Crippen LogP contribution in [0.3, 0.4) is 0 Å². The van der Waals surface area contributed by atoms with Crippen molar-refractivity contribution >= 4 is 66.7 Å². The van der Waals surface area contributed by atoms with Crippen LogP contribution in [0.2, 0.25) is 0 Å². The van der Waals surface area contributed by atoms with Crippen LogP contribution >= 0.6 is 28.1 Å². The second-order valence-corrected chi connectivity index (χ2v) is 10.5. The van der Waals surface area contributed by atoms with Crippen molar-refractivity contribution in [1.82, 2.24) is 20.3 Å². The molecule has 198 valence electrons. The molecule has 0 aliphatic rings. The third kappa shape index (κ3) is 5.65. The minimum Gasteiger partial charge on any atom is -0.495 e. The Morgan fingerprint density at radius 1 is 1.05 bits per heavy atom. The normalized spacial score (nSPS) is 11.1. The number of nitrogens with one attached hydrogen (secondary N) is 2. The van der Waals surface area contributed by atoms with Crippen LogP contribution in [0.15, 0.2) is 71.2 Å². The zero-order valence-corrected chi connectivity index (χ0v) is 24.3. The Morgan fingerprint density at radius 3 is 2.49 bits per heavy atom. The molecule has 0 fully saturated rings. The quantitative estimate of drug-likeness (QED) is 0.193. The summed E-state index contributed by atoms with van der Waals surface area (Å²) < 4.78 is 6.26. The molecule has 0 saturated carbocycles. The summed E-state index contributed by atoms with van der Waals surface area (Å²) in [5.41, 5.74) is 5.73. The van der Waals surface area contributed by atoms with Gasteiger partial charge >= 0.3 is 0 Å². The first-order chi connectivity index (χ1) is 18.9. The van der Waals surface area contributed by atoms with Gasteiger partial charge in [-0.3, -0.25) is 10.1 Å². The summed E-state index contributed by atoms with van der Waals surface area (Å²) in [5.74, 6) is 0.0736. The lowest BCUT2D eigenvalue weighted by atomic mass is 10.1. The van der Waals surface area contributed by atoms with Crippen molar-refractivity contribution in [2.24, 2.45) is 0 Å². The van der Waals surface area contributed by atoms with Gasteiger partial charge in [0.2, 0.25) is 0 Å². The van der Waals surface area contributed by atoms with E-state index in [-0.39, 0.29) is 11.0 Å². The lowest BCUT2D eigenvalue weighted by Crippen LogP contribution is -2.34. The van der Waals surface area contributed by atoms with E-state index in [0.29, 0.717) is 21.3 Å². The van der Waals surface area contributed by atoms with E-state index in [2.05, 4.69) is 55.8 Å². The second kappa shape index (κ2) is 11.5. The molecule has 2 N–H and O–H groups in total. The van der Waals surface area contributed by atoms with Gasteiger partial charge in [0.05, 0.1) is 22.8 Å². The molecule has 0 bridgehead atoms. The van der Waals surface area contributed by atoms with Gasteiger partial charge in [0.15, 0.2) is 5.11 Å². The zero-order valence-electron chi connectivity index (χ0n) is 21.9. The van der Waals surface area contributed by atoms with Crippen molar-refractivity contribution < 1.29 is 9.53 Å². The van der Waals surface area contributed by atoms with E-state index in [1.54, 1.807) is 10.9 Å². The predicted molar refractivity (Wildman–Crippen MR) is 164 cm³/mol. The fourth-order valence-electron chi connectivity index (χ4n) is 4.47. The molecule has 0 aliphatic heterocycles. The molecule has 0 radical (unpaired) electrons. The monoisotopic (exact) mass is 601 g/mol. The molecule has 0 spiro atoms. The predicted octanol–water partition coefficient (Wildman–Crippen LogP) is 7.12. The van der Waals surface area contributed by atoms with Gasteiger partial charge in [-0.25, -0.2) is 0 Å². The average Bonchev–Trinajstić information content (AvgIpc) is 3.34. The summed E-state index contributed by atoms with van der Waals surface area (Å²) in [7, 11) is 1.54. The summed E-state index contributed by atoms with van der Waals surface area (Å²) in [6.07, 6.45) is 3.42. The highest BCUT2D eigenvalue weighted by Crippen LogP contribution is 2.36. The number of thiocarbonyl (C=S) groups is 1. The molecule has 0 saturated heterocycles. The molecule has 4 aromatic carbocycles. The SMILES string of the molecule is CCCCc1ccc(-n2nc3cc(C)c(NC(=S)NC(=O)c4cc5ccccc5c(Br)c4OC)cc3n2)cc1. The standard InChI is InChI=1S/C30H28BrN5O2S/c1-4-5-8-19-11-13-21(14-12-19)36-34-25-15-18(2)24(17-26(25)35-36)32-30(39)33-29(37)23-16-20-9-6-7-10-22(20)27(31)28(23)38-3/h6-7,9-17H,4-5,8H2,1-3H3,(H2,32,33,37,39). The average molecular weight is 603 g/mol. The van der Waals surface area contributed by atoms with E-state index < -0.39 is 0 Å². The Kier molecular flexibility index (Phi) is 7.90. The van der Waals surface area contributed by atoms with Crippen LogP contribution in [0, 0.1) is 6.92 Å². The maximum atomic E-state index is 13.2. The van der Waals surface area contributed by atoms with Gasteiger partial charge in [0.25, 0.3) is 5.91 Å². The maximum absolute atomic E-state index is 13.2. The van der Waals surface area contributed by atoms with Gasteiger partial charge in [-0.2, -0.15) is 4.80 Å². The number of nitrogens with zero attached hydrogens (tertiary/aromatic N) is 3. The Balaban J connectivity index is 1.34. The number of ether oxygens (including phenoxy) is 1. The number of aryl methyl sites for hydroxylation is 2. The van der Waals surface area contributed by atoms with Crippen LogP contribution in [0.4, 0.5) is 5.69 Å². The maximum Gasteiger partial charge on any atom is 0.261 e. The summed E-state index contributed by atoms with van der Waals surface area (Å²) in [5, 5.41) is 17.3. The molecular formula is C30H28BrN5O2S. The van der Waals surface area contributed by atoms with Gasteiger partial charge in [-0.05, 0) is 100 Å². The fraction of sp³-hybridized carbons (Fsp3) is 0.200. The van der Waals surface area contributed by atoms with Crippen LogP contribution in [0.25, 0.3) is 27.5 Å². The van der Waals surface area contributed by atoms with Crippen molar-refractivity contribution in [3.63, 3.8) is 0 Å². The fourth-order valence-corrected chi connectivity index (χ4v) is 5.41. The van der Waals surface area contributed by atoms with E-state index in [0.717, 1.165) is 39.6 Å². The number of amides is 1. The number of methoxy groups -OCH3 is 1. The zero-order chi connectivity index (χ0) is 27.5. The van der Waals surface area contributed by atoms with Crippen molar-refractivity contribution in [2.75, 3.05) is 12.4 Å². The molecule has 5 aromatic rings. The topological polar surface area (TPSA) is 81.1 Å². The van der Waals surface area contributed by atoms with Crippen LogP contribution < -0.4 is 15.4 Å². The van der Waals surface area contributed by atoms with Gasteiger partial charge in [-0.1, -0.05) is 49.7 Å². The highest BCUT2D eigenvalue weighted by atomic mass is 79.9. The highest BCUT2D eigenvalue weighted by molar-refractivity contribution is 9.10. The first kappa shape index (κ1) is 26.8. The molecule has 39 heavy (non-hydrogen) atoms. The number of fused-ring (bicyclic) bond motifs is 2. The number of anilines is 1. The van der Waals surface area contributed by atoms with Crippen molar-refractivity contribution in [2.45, 2.75) is 33.1 Å². The number of hydrogen-bond acceptors (Lipinski definition) is 5. The number of aromatic nitrogens is 3. The van der Waals surface area contributed by atoms with Gasteiger partial charge in [0, 0.05) is 5.69 Å².